The lowest BCUT2D eigenvalue weighted by Crippen LogP contribution is -2.31. The number of hydrogen-bond donors (Lipinski definition) is 2. The van der Waals surface area contributed by atoms with Crippen molar-refractivity contribution >= 4 is 57.2 Å². The number of aromatic nitrogens is 1. The van der Waals surface area contributed by atoms with Crippen molar-refractivity contribution < 1.29 is 9.59 Å². The van der Waals surface area contributed by atoms with Crippen LogP contribution >= 0.6 is 23.2 Å². The number of amides is 2. The summed E-state index contributed by atoms with van der Waals surface area (Å²) in [6.45, 7) is 0. The van der Waals surface area contributed by atoms with E-state index < -0.39 is 5.92 Å². The number of carbonyl (C=O) groups excluding carboxylic acids is 2. The van der Waals surface area contributed by atoms with Gasteiger partial charge in [-0.15, -0.1) is 0 Å². The molecule has 2 N–H and O–H groups in total. The first-order valence-electron chi connectivity index (χ1n) is 7.95. The van der Waals surface area contributed by atoms with Crippen LogP contribution in [0.4, 0.5) is 11.4 Å². The fraction of sp³-hybridized carbons (Fsp3) is 0.105. The Bertz CT molecular complexity index is 1050. The van der Waals surface area contributed by atoms with Gasteiger partial charge in [0.15, 0.2) is 0 Å². The van der Waals surface area contributed by atoms with Gasteiger partial charge in [0.1, 0.15) is 0 Å². The Morgan fingerprint density at radius 1 is 1.15 bits per heavy atom. The van der Waals surface area contributed by atoms with Crippen LogP contribution in [0.5, 0.6) is 0 Å². The summed E-state index contributed by atoms with van der Waals surface area (Å²) in [5.74, 6) is -1.20. The van der Waals surface area contributed by atoms with Crippen molar-refractivity contribution in [3.05, 3.63) is 64.4 Å². The maximum Gasteiger partial charge on any atom is 0.232 e. The molecule has 3 aromatic rings. The first-order chi connectivity index (χ1) is 12.5. The van der Waals surface area contributed by atoms with Gasteiger partial charge in [-0.25, -0.2) is 0 Å². The summed E-state index contributed by atoms with van der Waals surface area (Å²) in [5.41, 5.74) is 1.75. The Labute approximate surface area is 159 Å². The normalized spacial score (nSPS) is 16.1. The number of carbonyl (C=O) groups is 2. The van der Waals surface area contributed by atoms with Gasteiger partial charge in [0.2, 0.25) is 11.8 Å². The summed E-state index contributed by atoms with van der Waals surface area (Å²) in [5, 5.41) is 8.09. The van der Waals surface area contributed by atoms with Crippen molar-refractivity contribution in [3.8, 4) is 0 Å². The Morgan fingerprint density at radius 2 is 1.92 bits per heavy atom. The van der Waals surface area contributed by atoms with Gasteiger partial charge in [-0.05, 0) is 17.7 Å². The van der Waals surface area contributed by atoms with Gasteiger partial charge in [0.05, 0.1) is 27.8 Å². The number of anilines is 2. The third-order valence-corrected chi connectivity index (χ3v) is 5.10. The van der Waals surface area contributed by atoms with Crippen LogP contribution in [0.25, 0.3) is 10.8 Å². The zero-order valence-electron chi connectivity index (χ0n) is 13.4. The van der Waals surface area contributed by atoms with E-state index in [4.69, 9.17) is 23.2 Å². The lowest BCUT2D eigenvalue weighted by atomic mass is 9.89. The van der Waals surface area contributed by atoms with Crippen LogP contribution in [-0.4, -0.2) is 16.8 Å². The number of hydrogen-bond acceptors (Lipinski definition) is 3. The molecule has 0 saturated carbocycles. The first-order valence-corrected chi connectivity index (χ1v) is 8.71. The fourth-order valence-corrected chi connectivity index (χ4v) is 3.46. The molecule has 2 amide bonds. The molecule has 1 aliphatic heterocycles. The van der Waals surface area contributed by atoms with Gasteiger partial charge in [0, 0.05) is 29.1 Å². The maximum atomic E-state index is 12.9. The Hall–Kier alpha value is -2.63. The van der Waals surface area contributed by atoms with Gasteiger partial charge in [-0.2, -0.15) is 0 Å². The number of rotatable bonds is 2. The van der Waals surface area contributed by atoms with Crippen LogP contribution in [0.15, 0.2) is 48.8 Å². The molecule has 0 radical (unpaired) electrons. The Balaban J connectivity index is 1.71. The standard InChI is InChI=1S/C19H13Cl2N3O2/c20-14-5-12-13(6-18(25)23-16(12)7-15(14)21)19(26)24-17-9-22-8-10-3-1-2-4-11(10)17/h1-5,7-9,13H,6H2,(H,23,25)(H,24,26). The number of fused-ring (bicyclic) bond motifs is 2. The van der Waals surface area contributed by atoms with E-state index in [1.165, 1.54) is 0 Å². The van der Waals surface area contributed by atoms with E-state index in [2.05, 4.69) is 15.6 Å². The fourth-order valence-electron chi connectivity index (χ4n) is 3.13. The Kier molecular flexibility index (Phi) is 4.26. The van der Waals surface area contributed by atoms with Crippen LogP contribution in [-0.2, 0) is 9.59 Å². The molecule has 2 aromatic carbocycles. The molecule has 0 spiro atoms. The lowest BCUT2D eigenvalue weighted by Gasteiger charge is -2.25. The molecular weight excluding hydrogens is 373 g/mol. The largest absolute Gasteiger partial charge is 0.326 e. The summed E-state index contributed by atoms with van der Waals surface area (Å²) in [7, 11) is 0. The number of pyridine rings is 1. The minimum absolute atomic E-state index is 0.0367. The van der Waals surface area contributed by atoms with Crippen molar-refractivity contribution in [3.63, 3.8) is 0 Å². The van der Waals surface area contributed by atoms with Crippen LogP contribution < -0.4 is 10.6 Å². The van der Waals surface area contributed by atoms with Crippen molar-refractivity contribution in [2.75, 3.05) is 10.6 Å². The van der Waals surface area contributed by atoms with Gasteiger partial charge in [-0.1, -0.05) is 47.5 Å². The number of nitrogens with zero attached hydrogens (tertiary/aromatic N) is 1. The quantitative estimate of drug-likeness (QED) is 0.676. The third kappa shape index (κ3) is 3.00. The average Bonchev–Trinajstić information content (AvgIpc) is 2.63. The van der Waals surface area contributed by atoms with E-state index in [0.29, 0.717) is 27.0 Å². The summed E-state index contributed by atoms with van der Waals surface area (Å²) in [6, 6.07) is 10.8. The molecule has 130 valence electrons. The first kappa shape index (κ1) is 16.8. The molecule has 0 saturated heterocycles. The molecule has 1 aromatic heterocycles. The molecule has 1 aliphatic rings. The molecule has 0 bridgehead atoms. The van der Waals surface area contributed by atoms with Gasteiger partial charge in [0.25, 0.3) is 0 Å². The van der Waals surface area contributed by atoms with E-state index in [0.717, 1.165) is 10.8 Å². The molecule has 2 heterocycles. The molecule has 26 heavy (non-hydrogen) atoms. The SMILES string of the molecule is O=C1CC(C(=O)Nc2cncc3ccccc23)c2cc(Cl)c(Cl)cc2N1. The van der Waals surface area contributed by atoms with E-state index in [-0.39, 0.29) is 18.2 Å². The second kappa shape index (κ2) is 6.59. The summed E-state index contributed by atoms with van der Waals surface area (Å²) >= 11 is 12.1. The van der Waals surface area contributed by atoms with E-state index in [9.17, 15) is 9.59 Å². The molecule has 7 heteroatoms. The molecule has 5 nitrogen and oxygen atoms in total. The highest BCUT2D eigenvalue weighted by Crippen LogP contribution is 2.38. The molecule has 4 rings (SSSR count). The van der Waals surface area contributed by atoms with Crippen LogP contribution in [0.1, 0.15) is 17.9 Å². The van der Waals surface area contributed by atoms with E-state index in [1.807, 2.05) is 24.3 Å². The predicted octanol–water partition coefficient (Wildman–Crippen LogP) is 4.61. The second-order valence-electron chi connectivity index (χ2n) is 6.06. The summed E-state index contributed by atoms with van der Waals surface area (Å²) in [6.07, 6.45) is 3.37. The Morgan fingerprint density at radius 3 is 2.77 bits per heavy atom. The second-order valence-corrected chi connectivity index (χ2v) is 6.87. The summed E-state index contributed by atoms with van der Waals surface area (Å²) in [4.78, 5) is 29.1. The van der Waals surface area contributed by atoms with Crippen LogP contribution in [0.3, 0.4) is 0 Å². The van der Waals surface area contributed by atoms with E-state index in [1.54, 1.807) is 24.5 Å². The topological polar surface area (TPSA) is 71.1 Å². The monoisotopic (exact) mass is 385 g/mol. The smallest absolute Gasteiger partial charge is 0.232 e. The highest BCUT2D eigenvalue weighted by atomic mass is 35.5. The summed E-state index contributed by atoms with van der Waals surface area (Å²) < 4.78 is 0. The maximum absolute atomic E-state index is 12.9. The number of benzene rings is 2. The molecule has 1 unspecified atom stereocenters. The number of nitrogens with one attached hydrogen (secondary N) is 2. The third-order valence-electron chi connectivity index (χ3n) is 4.37. The minimum Gasteiger partial charge on any atom is -0.326 e. The van der Waals surface area contributed by atoms with Crippen LogP contribution in [0.2, 0.25) is 10.0 Å². The highest BCUT2D eigenvalue weighted by molar-refractivity contribution is 6.42. The molecule has 0 fully saturated rings. The zero-order valence-corrected chi connectivity index (χ0v) is 14.9. The van der Waals surface area contributed by atoms with E-state index >= 15 is 0 Å². The number of halogens is 2. The lowest BCUT2D eigenvalue weighted by molar-refractivity contribution is -0.123. The van der Waals surface area contributed by atoms with Gasteiger partial charge < -0.3 is 10.6 Å². The predicted molar refractivity (Wildman–Crippen MR) is 103 cm³/mol. The highest BCUT2D eigenvalue weighted by Gasteiger charge is 2.31. The van der Waals surface area contributed by atoms with Gasteiger partial charge >= 0.3 is 0 Å². The average molecular weight is 386 g/mol. The molecular formula is C19H13Cl2N3O2. The van der Waals surface area contributed by atoms with Gasteiger partial charge in [-0.3, -0.25) is 14.6 Å². The van der Waals surface area contributed by atoms with Crippen molar-refractivity contribution in [2.24, 2.45) is 0 Å². The van der Waals surface area contributed by atoms with Crippen molar-refractivity contribution in [1.29, 1.82) is 0 Å². The molecule has 0 aliphatic carbocycles. The van der Waals surface area contributed by atoms with Crippen molar-refractivity contribution in [1.82, 2.24) is 4.98 Å². The van der Waals surface area contributed by atoms with Crippen LogP contribution in [0, 0.1) is 0 Å². The van der Waals surface area contributed by atoms with Crippen molar-refractivity contribution in [2.45, 2.75) is 12.3 Å². The zero-order chi connectivity index (χ0) is 18.3. The molecule has 1 atom stereocenters. The minimum atomic E-state index is -0.660.